The topological polar surface area (TPSA) is 33.3 Å². The predicted molar refractivity (Wildman–Crippen MR) is 61.6 cm³/mol. The van der Waals surface area contributed by atoms with Gasteiger partial charge in [-0.2, -0.15) is 5.54 Å². The normalized spacial score (nSPS) is 29.2. The molecule has 0 saturated carbocycles. The molecule has 0 radical (unpaired) electrons. The van der Waals surface area contributed by atoms with Crippen molar-refractivity contribution in [1.29, 1.82) is 0 Å². The standard InChI is InChI=1S/C12H17FN2O/c1-10-7-8-16-12(10,9-14-13)15-11-5-3-2-4-6-11/h2-6,10,14-15H,7-9H2,1H3. The van der Waals surface area contributed by atoms with Crippen LogP contribution in [0.5, 0.6) is 0 Å². The first-order chi connectivity index (χ1) is 7.77. The van der Waals surface area contributed by atoms with Crippen LogP contribution in [-0.4, -0.2) is 18.9 Å². The zero-order valence-electron chi connectivity index (χ0n) is 9.37. The van der Waals surface area contributed by atoms with Gasteiger partial charge in [-0.15, -0.1) is 4.48 Å². The Balaban J connectivity index is 2.14. The molecule has 0 aliphatic carbocycles. The van der Waals surface area contributed by atoms with Gasteiger partial charge in [-0.1, -0.05) is 25.1 Å². The van der Waals surface area contributed by atoms with Crippen LogP contribution in [0.4, 0.5) is 10.2 Å². The van der Waals surface area contributed by atoms with Crippen LogP contribution in [-0.2, 0) is 4.74 Å². The highest BCUT2D eigenvalue weighted by atomic mass is 19.2. The molecule has 16 heavy (non-hydrogen) atoms. The van der Waals surface area contributed by atoms with E-state index in [1.165, 1.54) is 0 Å². The molecule has 88 valence electrons. The van der Waals surface area contributed by atoms with Crippen LogP contribution in [0.2, 0.25) is 0 Å². The number of nitrogens with one attached hydrogen (secondary N) is 2. The van der Waals surface area contributed by atoms with Crippen LogP contribution in [0.3, 0.4) is 0 Å². The van der Waals surface area contributed by atoms with Gasteiger partial charge in [0.1, 0.15) is 0 Å². The Kier molecular flexibility index (Phi) is 3.41. The fourth-order valence-electron chi connectivity index (χ4n) is 2.09. The molecule has 1 heterocycles. The lowest BCUT2D eigenvalue weighted by molar-refractivity contribution is -0.00420. The molecule has 2 rings (SSSR count). The molecule has 0 amide bonds. The van der Waals surface area contributed by atoms with E-state index < -0.39 is 5.72 Å². The Hall–Kier alpha value is -1.13. The highest BCUT2D eigenvalue weighted by Gasteiger charge is 2.41. The third-order valence-corrected chi connectivity index (χ3v) is 3.17. The monoisotopic (exact) mass is 224 g/mol. The van der Waals surface area contributed by atoms with E-state index in [0.29, 0.717) is 6.61 Å². The maximum absolute atomic E-state index is 12.4. The molecular weight excluding hydrogens is 207 g/mol. The Morgan fingerprint density at radius 1 is 1.44 bits per heavy atom. The van der Waals surface area contributed by atoms with Crippen LogP contribution in [0.1, 0.15) is 13.3 Å². The molecule has 0 spiro atoms. The van der Waals surface area contributed by atoms with Crippen molar-refractivity contribution in [3.8, 4) is 0 Å². The Labute approximate surface area is 94.9 Å². The zero-order chi connectivity index (χ0) is 11.4. The van der Waals surface area contributed by atoms with Crippen molar-refractivity contribution in [3.05, 3.63) is 30.3 Å². The maximum Gasteiger partial charge on any atom is 0.156 e. The van der Waals surface area contributed by atoms with Gasteiger partial charge in [0.05, 0.1) is 6.54 Å². The summed E-state index contributed by atoms with van der Waals surface area (Å²) in [6.45, 7) is 2.89. The Morgan fingerprint density at radius 2 is 2.19 bits per heavy atom. The summed E-state index contributed by atoms with van der Waals surface area (Å²) in [6, 6.07) is 9.74. The molecular formula is C12H17FN2O. The molecule has 0 bridgehead atoms. The molecule has 1 aromatic rings. The van der Waals surface area contributed by atoms with Crippen molar-refractivity contribution in [2.45, 2.75) is 19.1 Å². The summed E-state index contributed by atoms with van der Waals surface area (Å²) < 4.78 is 18.1. The lowest BCUT2D eigenvalue weighted by Gasteiger charge is -2.33. The van der Waals surface area contributed by atoms with Crippen molar-refractivity contribution in [2.24, 2.45) is 5.92 Å². The number of ether oxygens (including phenoxy) is 1. The molecule has 1 aliphatic heterocycles. The van der Waals surface area contributed by atoms with Crippen LogP contribution in [0.15, 0.2) is 30.3 Å². The van der Waals surface area contributed by atoms with Gasteiger partial charge in [0.15, 0.2) is 5.72 Å². The molecule has 1 aliphatic rings. The molecule has 3 nitrogen and oxygen atoms in total. The van der Waals surface area contributed by atoms with Crippen molar-refractivity contribution >= 4 is 5.69 Å². The summed E-state index contributed by atoms with van der Waals surface area (Å²) >= 11 is 0. The van der Waals surface area contributed by atoms with E-state index in [-0.39, 0.29) is 12.5 Å². The quantitative estimate of drug-likeness (QED) is 0.770. The van der Waals surface area contributed by atoms with Gasteiger partial charge in [-0.3, -0.25) is 0 Å². The smallest absolute Gasteiger partial charge is 0.156 e. The van der Waals surface area contributed by atoms with Gasteiger partial charge >= 0.3 is 0 Å². The highest BCUT2D eigenvalue weighted by Crippen LogP contribution is 2.32. The second-order valence-electron chi connectivity index (χ2n) is 4.23. The molecule has 2 unspecified atom stereocenters. The van der Waals surface area contributed by atoms with E-state index in [2.05, 4.69) is 12.2 Å². The second-order valence-corrected chi connectivity index (χ2v) is 4.23. The van der Waals surface area contributed by atoms with Crippen LogP contribution in [0.25, 0.3) is 0 Å². The summed E-state index contributed by atoms with van der Waals surface area (Å²) in [4.78, 5) is 0. The summed E-state index contributed by atoms with van der Waals surface area (Å²) in [7, 11) is 0. The average molecular weight is 224 g/mol. The molecule has 1 aromatic carbocycles. The van der Waals surface area contributed by atoms with Crippen LogP contribution < -0.4 is 10.9 Å². The number of anilines is 1. The zero-order valence-corrected chi connectivity index (χ0v) is 9.37. The molecule has 1 saturated heterocycles. The lowest BCUT2D eigenvalue weighted by Crippen LogP contribution is -2.49. The summed E-state index contributed by atoms with van der Waals surface area (Å²) in [6.07, 6.45) is 0.946. The minimum Gasteiger partial charge on any atom is -0.356 e. The second kappa shape index (κ2) is 4.80. The first kappa shape index (κ1) is 11.4. The van der Waals surface area contributed by atoms with Gasteiger partial charge < -0.3 is 10.1 Å². The highest BCUT2D eigenvalue weighted by molar-refractivity contribution is 5.45. The van der Waals surface area contributed by atoms with Gasteiger partial charge in [0.2, 0.25) is 0 Å². The SMILES string of the molecule is CC1CCOC1(CNF)Nc1ccccc1. The molecule has 4 heteroatoms. The number of para-hydroxylation sites is 1. The van der Waals surface area contributed by atoms with E-state index in [0.717, 1.165) is 12.1 Å². The van der Waals surface area contributed by atoms with Crippen molar-refractivity contribution in [1.82, 2.24) is 5.54 Å². The van der Waals surface area contributed by atoms with Gasteiger partial charge in [0, 0.05) is 18.2 Å². The first-order valence-electron chi connectivity index (χ1n) is 5.57. The fraction of sp³-hybridized carbons (Fsp3) is 0.500. The molecule has 2 N–H and O–H groups in total. The van der Waals surface area contributed by atoms with Crippen molar-refractivity contribution in [2.75, 3.05) is 18.5 Å². The van der Waals surface area contributed by atoms with Gasteiger partial charge in [0.25, 0.3) is 0 Å². The Morgan fingerprint density at radius 3 is 2.75 bits per heavy atom. The average Bonchev–Trinajstić information content (AvgIpc) is 2.62. The van der Waals surface area contributed by atoms with Crippen molar-refractivity contribution in [3.63, 3.8) is 0 Å². The largest absolute Gasteiger partial charge is 0.356 e. The lowest BCUT2D eigenvalue weighted by atomic mass is 9.97. The van der Waals surface area contributed by atoms with E-state index in [1.54, 1.807) is 5.54 Å². The summed E-state index contributed by atoms with van der Waals surface area (Å²) in [5.74, 6) is 0.274. The van der Waals surface area contributed by atoms with E-state index in [1.807, 2.05) is 30.3 Å². The van der Waals surface area contributed by atoms with Gasteiger partial charge in [-0.05, 0) is 18.6 Å². The maximum atomic E-state index is 12.4. The minimum absolute atomic E-state index is 0.156. The van der Waals surface area contributed by atoms with Crippen LogP contribution in [0, 0.1) is 5.92 Å². The number of benzene rings is 1. The summed E-state index contributed by atoms with van der Waals surface area (Å²) in [5.41, 5.74) is 2.04. The van der Waals surface area contributed by atoms with E-state index in [4.69, 9.17) is 4.74 Å². The van der Waals surface area contributed by atoms with Crippen molar-refractivity contribution < 1.29 is 9.22 Å². The van der Waals surface area contributed by atoms with Crippen LogP contribution >= 0.6 is 0 Å². The predicted octanol–water partition coefficient (Wildman–Crippen LogP) is 2.33. The first-order valence-corrected chi connectivity index (χ1v) is 5.57. The fourth-order valence-corrected chi connectivity index (χ4v) is 2.09. The molecule has 2 atom stereocenters. The Bertz CT molecular complexity index is 333. The number of rotatable bonds is 4. The van der Waals surface area contributed by atoms with E-state index >= 15 is 0 Å². The van der Waals surface area contributed by atoms with Gasteiger partial charge in [-0.25, -0.2) is 0 Å². The minimum atomic E-state index is -0.629. The number of halogens is 1. The molecule has 1 fully saturated rings. The molecule has 0 aromatic heterocycles. The summed E-state index contributed by atoms with van der Waals surface area (Å²) in [5, 5.41) is 3.28. The third kappa shape index (κ3) is 2.18. The number of hydrogen-bond acceptors (Lipinski definition) is 3. The number of hydrogen-bond donors (Lipinski definition) is 2. The third-order valence-electron chi connectivity index (χ3n) is 3.17. The van der Waals surface area contributed by atoms with E-state index in [9.17, 15) is 4.48 Å².